The normalized spacial score (nSPS) is 12.5. The zero-order chi connectivity index (χ0) is 30.5. The molecule has 0 spiro atoms. The Labute approximate surface area is 240 Å². The lowest BCUT2D eigenvalue weighted by Gasteiger charge is -2.38. The third-order valence-electron chi connectivity index (χ3n) is 7.51. The van der Waals surface area contributed by atoms with Crippen molar-refractivity contribution < 1.29 is 23.2 Å². The third-order valence-corrected chi connectivity index (χ3v) is 12.0. The zero-order valence-electron chi connectivity index (χ0n) is 24.3. The molecule has 0 bridgehead atoms. The second-order valence-electron chi connectivity index (χ2n) is 11.5. The summed E-state index contributed by atoms with van der Waals surface area (Å²) < 4.78 is 22.2. The Morgan fingerprint density at radius 2 is 1.88 bits per heavy atom. The molecule has 1 aromatic heterocycles. The predicted molar refractivity (Wildman–Crippen MR) is 156 cm³/mol. The van der Waals surface area contributed by atoms with Gasteiger partial charge in [-0.15, -0.1) is 0 Å². The van der Waals surface area contributed by atoms with Crippen LogP contribution in [-0.4, -0.2) is 59.9 Å². The quantitative estimate of drug-likeness (QED) is 0.331. The molecule has 218 valence electrons. The highest BCUT2D eigenvalue weighted by Gasteiger charge is 2.38. The van der Waals surface area contributed by atoms with Crippen LogP contribution in [0.2, 0.25) is 18.1 Å². The van der Waals surface area contributed by atoms with Gasteiger partial charge < -0.3 is 20.4 Å². The van der Waals surface area contributed by atoms with Crippen molar-refractivity contribution in [2.75, 3.05) is 13.2 Å². The second kappa shape index (κ2) is 12.6. The van der Waals surface area contributed by atoms with Gasteiger partial charge in [0.2, 0.25) is 11.8 Å². The van der Waals surface area contributed by atoms with Crippen molar-refractivity contribution in [2.24, 2.45) is 5.73 Å². The van der Waals surface area contributed by atoms with Crippen LogP contribution in [0.5, 0.6) is 0 Å². The number of aromatic nitrogens is 2. The highest BCUT2D eigenvalue weighted by molar-refractivity contribution is 6.74. The van der Waals surface area contributed by atoms with Crippen LogP contribution in [0, 0.1) is 17.1 Å². The number of halogens is 1. The van der Waals surface area contributed by atoms with Crippen molar-refractivity contribution in [1.29, 1.82) is 5.26 Å². The molecular formula is C29H37FN6O4Si. The monoisotopic (exact) mass is 580 g/mol. The molecule has 0 aliphatic carbocycles. The standard InChI is InChI=1S/C29H37FN6O4Si/c1-19(18-40-41(5,6)29(2,3)4)35(16-24(37)33-15-21-11-9-10-20(14-31)26(21)30)25(38)17-36-23-13-8-7-12-22(23)27(34-36)28(32)39/h7-13,19H,15-18H2,1-6H3,(H2,32,39)(H,33,37). The number of para-hydroxylation sites is 1. The zero-order valence-corrected chi connectivity index (χ0v) is 25.3. The molecule has 12 heteroatoms. The number of amides is 3. The number of rotatable bonds is 11. The van der Waals surface area contributed by atoms with Gasteiger partial charge in [0.05, 0.1) is 30.3 Å². The Kier molecular flexibility index (Phi) is 9.68. The molecule has 3 N–H and O–H groups in total. The van der Waals surface area contributed by atoms with Crippen LogP contribution in [0.25, 0.3) is 10.9 Å². The maximum absolute atomic E-state index is 14.5. The Bertz CT molecular complexity index is 1490. The van der Waals surface area contributed by atoms with Gasteiger partial charge >= 0.3 is 0 Å². The lowest BCUT2D eigenvalue weighted by atomic mass is 10.1. The molecule has 1 heterocycles. The summed E-state index contributed by atoms with van der Waals surface area (Å²) in [6.07, 6.45) is 0. The number of carbonyl (C=O) groups excluding carboxylic acids is 3. The van der Waals surface area contributed by atoms with Gasteiger partial charge in [-0.25, -0.2) is 4.39 Å². The minimum absolute atomic E-state index is 0.0497. The summed E-state index contributed by atoms with van der Waals surface area (Å²) in [5, 5.41) is 16.5. The fourth-order valence-corrected chi connectivity index (χ4v) is 5.07. The number of nitrogens with two attached hydrogens (primary N) is 1. The SMILES string of the molecule is CC(CO[Si](C)(C)C(C)(C)C)N(CC(=O)NCc1cccc(C#N)c1F)C(=O)Cn1nc(C(N)=O)c2ccccc21. The Balaban J connectivity index is 1.83. The van der Waals surface area contributed by atoms with Crippen LogP contribution >= 0.6 is 0 Å². The van der Waals surface area contributed by atoms with Crippen LogP contribution in [0.4, 0.5) is 4.39 Å². The maximum atomic E-state index is 14.5. The molecule has 3 aromatic rings. The first-order valence-electron chi connectivity index (χ1n) is 13.3. The number of primary amides is 1. The number of nitriles is 1. The number of fused-ring (bicyclic) bond motifs is 1. The topological polar surface area (TPSA) is 143 Å². The summed E-state index contributed by atoms with van der Waals surface area (Å²) >= 11 is 0. The summed E-state index contributed by atoms with van der Waals surface area (Å²) in [7, 11) is -2.16. The smallest absolute Gasteiger partial charge is 0.269 e. The lowest BCUT2D eigenvalue weighted by Crippen LogP contribution is -2.50. The van der Waals surface area contributed by atoms with Gasteiger partial charge in [0.15, 0.2) is 14.0 Å². The summed E-state index contributed by atoms with van der Waals surface area (Å²) in [6, 6.07) is 12.6. The first kappa shape index (κ1) is 31.4. The van der Waals surface area contributed by atoms with Gasteiger partial charge in [-0.2, -0.15) is 10.4 Å². The van der Waals surface area contributed by atoms with E-state index in [1.807, 2.05) is 0 Å². The molecule has 3 amide bonds. The van der Waals surface area contributed by atoms with E-state index >= 15 is 0 Å². The van der Waals surface area contributed by atoms with E-state index < -0.39 is 37.9 Å². The summed E-state index contributed by atoms with van der Waals surface area (Å²) in [5.74, 6) is -2.35. The largest absolute Gasteiger partial charge is 0.415 e. The summed E-state index contributed by atoms with van der Waals surface area (Å²) in [6.45, 7) is 11.8. The van der Waals surface area contributed by atoms with Crippen LogP contribution in [0.15, 0.2) is 42.5 Å². The molecule has 10 nitrogen and oxygen atoms in total. The molecule has 3 rings (SSSR count). The first-order chi connectivity index (χ1) is 19.2. The maximum Gasteiger partial charge on any atom is 0.269 e. The van der Waals surface area contributed by atoms with Crippen molar-refractivity contribution in [3.63, 3.8) is 0 Å². The Hall–Kier alpha value is -4.08. The van der Waals surface area contributed by atoms with Crippen LogP contribution in [0.3, 0.4) is 0 Å². The second-order valence-corrected chi connectivity index (χ2v) is 16.3. The predicted octanol–water partition coefficient (Wildman–Crippen LogP) is 3.70. The van der Waals surface area contributed by atoms with Crippen LogP contribution < -0.4 is 11.1 Å². The minimum Gasteiger partial charge on any atom is -0.415 e. The van der Waals surface area contributed by atoms with Gasteiger partial charge in [-0.05, 0) is 37.2 Å². The summed E-state index contributed by atoms with van der Waals surface area (Å²) in [4.78, 5) is 40.0. The van der Waals surface area contributed by atoms with Crippen molar-refractivity contribution in [2.45, 2.75) is 65.0 Å². The Morgan fingerprint density at radius 1 is 1.20 bits per heavy atom. The van der Waals surface area contributed by atoms with E-state index in [0.29, 0.717) is 10.9 Å². The van der Waals surface area contributed by atoms with E-state index in [1.54, 1.807) is 37.3 Å². The molecule has 41 heavy (non-hydrogen) atoms. The first-order valence-corrected chi connectivity index (χ1v) is 16.2. The number of nitrogens with zero attached hydrogens (tertiary/aromatic N) is 4. The van der Waals surface area contributed by atoms with Gasteiger partial charge in [-0.3, -0.25) is 19.1 Å². The van der Waals surface area contributed by atoms with Crippen molar-refractivity contribution in [1.82, 2.24) is 20.0 Å². The number of benzene rings is 2. The van der Waals surface area contributed by atoms with Gasteiger partial charge in [0.25, 0.3) is 5.91 Å². The van der Waals surface area contributed by atoms with Crippen LogP contribution in [0.1, 0.15) is 49.3 Å². The van der Waals surface area contributed by atoms with Crippen molar-refractivity contribution >= 4 is 36.9 Å². The average Bonchev–Trinajstić information content (AvgIpc) is 3.27. The molecular weight excluding hydrogens is 543 g/mol. The number of nitrogens with one attached hydrogen (secondary N) is 1. The molecule has 0 aliphatic rings. The fourth-order valence-electron chi connectivity index (χ4n) is 3.98. The van der Waals surface area contributed by atoms with Gasteiger partial charge in [0, 0.05) is 17.5 Å². The molecule has 0 radical (unpaired) electrons. The number of hydrogen-bond acceptors (Lipinski definition) is 6. The van der Waals surface area contributed by atoms with Crippen molar-refractivity contribution in [3.05, 3.63) is 65.1 Å². The van der Waals surface area contributed by atoms with E-state index in [-0.39, 0.29) is 48.1 Å². The lowest BCUT2D eigenvalue weighted by molar-refractivity contribution is -0.139. The minimum atomic E-state index is -2.16. The molecule has 0 saturated heterocycles. The highest BCUT2D eigenvalue weighted by Crippen LogP contribution is 2.36. The third kappa shape index (κ3) is 7.36. The molecule has 1 unspecified atom stereocenters. The average molecular weight is 581 g/mol. The molecule has 0 saturated carbocycles. The van der Waals surface area contributed by atoms with Crippen molar-refractivity contribution in [3.8, 4) is 6.07 Å². The highest BCUT2D eigenvalue weighted by atomic mass is 28.4. The number of hydrogen-bond donors (Lipinski definition) is 2. The molecule has 2 aromatic carbocycles. The Morgan fingerprint density at radius 3 is 2.51 bits per heavy atom. The van der Waals surface area contributed by atoms with E-state index in [2.05, 4.69) is 44.3 Å². The number of carbonyl (C=O) groups is 3. The van der Waals surface area contributed by atoms with Gasteiger partial charge in [0.1, 0.15) is 18.4 Å². The van der Waals surface area contributed by atoms with E-state index in [1.165, 1.54) is 27.8 Å². The fraction of sp³-hybridized carbons (Fsp3) is 0.414. The van der Waals surface area contributed by atoms with E-state index in [4.69, 9.17) is 15.4 Å². The van der Waals surface area contributed by atoms with Crippen LogP contribution in [-0.2, 0) is 27.1 Å². The van der Waals surface area contributed by atoms with E-state index in [0.717, 1.165) is 0 Å². The summed E-state index contributed by atoms with van der Waals surface area (Å²) in [5.41, 5.74) is 6.15. The molecule has 0 aliphatic heterocycles. The molecule has 1 atom stereocenters. The van der Waals surface area contributed by atoms with Gasteiger partial charge in [-0.1, -0.05) is 51.1 Å². The molecule has 0 fully saturated rings. The van der Waals surface area contributed by atoms with E-state index in [9.17, 15) is 18.8 Å².